The van der Waals surface area contributed by atoms with Crippen LogP contribution in [0.15, 0.2) is 36.5 Å². The summed E-state index contributed by atoms with van der Waals surface area (Å²) < 4.78 is 10.4. The van der Waals surface area contributed by atoms with Gasteiger partial charge in [0.15, 0.2) is 11.6 Å². The number of carbonyl (C=O) groups is 1. The highest BCUT2D eigenvalue weighted by molar-refractivity contribution is 5.91. The van der Waals surface area contributed by atoms with Gasteiger partial charge in [0.25, 0.3) is 0 Å². The molecule has 6 nitrogen and oxygen atoms in total. The molecule has 2 aromatic rings. The van der Waals surface area contributed by atoms with Gasteiger partial charge in [-0.15, -0.1) is 0 Å². The lowest BCUT2D eigenvalue weighted by molar-refractivity contribution is -0.116. The number of aromatic nitrogens is 1. The van der Waals surface area contributed by atoms with Gasteiger partial charge in [0.1, 0.15) is 11.5 Å². The molecule has 0 spiro atoms. The molecule has 0 aliphatic carbocycles. The summed E-state index contributed by atoms with van der Waals surface area (Å²) in [5.74, 6) is 1.27. The first kappa shape index (κ1) is 15.6. The van der Waals surface area contributed by atoms with Crippen molar-refractivity contribution in [2.45, 2.75) is 12.8 Å². The highest BCUT2D eigenvalue weighted by Crippen LogP contribution is 2.25. The fraction of sp³-hybridized carbons (Fsp3) is 0.250. The molecular formula is C16H18N2O4. The summed E-state index contributed by atoms with van der Waals surface area (Å²) in [5, 5.41) is 12.2. The molecule has 0 bridgehead atoms. The Hall–Kier alpha value is -2.76. The number of carbonyl (C=O) groups excluding carboxylic acids is 1. The van der Waals surface area contributed by atoms with E-state index in [1.165, 1.54) is 12.3 Å². The Labute approximate surface area is 128 Å². The second kappa shape index (κ2) is 7.31. The third-order valence-electron chi connectivity index (χ3n) is 3.15. The van der Waals surface area contributed by atoms with Gasteiger partial charge in [0.05, 0.1) is 14.2 Å². The van der Waals surface area contributed by atoms with Crippen LogP contribution in [0.3, 0.4) is 0 Å². The summed E-state index contributed by atoms with van der Waals surface area (Å²) >= 11 is 0. The first-order valence-corrected chi connectivity index (χ1v) is 6.78. The van der Waals surface area contributed by atoms with Gasteiger partial charge in [0, 0.05) is 12.6 Å². The van der Waals surface area contributed by atoms with Crippen LogP contribution >= 0.6 is 0 Å². The summed E-state index contributed by atoms with van der Waals surface area (Å²) in [5.41, 5.74) is 0.877. The number of aryl methyl sites for hydroxylation is 1. The molecule has 116 valence electrons. The van der Waals surface area contributed by atoms with Crippen LogP contribution in [0.25, 0.3) is 0 Å². The summed E-state index contributed by atoms with van der Waals surface area (Å²) in [7, 11) is 3.17. The SMILES string of the molecule is COc1ccc(OC)c(CCC(=O)Nc2ncccc2O)c1. The van der Waals surface area contributed by atoms with E-state index in [-0.39, 0.29) is 23.9 Å². The van der Waals surface area contributed by atoms with E-state index >= 15 is 0 Å². The number of ether oxygens (including phenoxy) is 2. The number of rotatable bonds is 6. The first-order chi connectivity index (χ1) is 10.6. The minimum Gasteiger partial charge on any atom is -0.504 e. The fourth-order valence-corrected chi connectivity index (χ4v) is 2.01. The Morgan fingerprint density at radius 1 is 1.27 bits per heavy atom. The number of amides is 1. The third kappa shape index (κ3) is 3.88. The summed E-state index contributed by atoms with van der Waals surface area (Å²) in [6.45, 7) is 0. The maximum absolute atomic E-state index is 12.0. The van der Waals surface area contributed by atoms with Gasteiger partial charge in [0.2, 0.25) is 5.91 Å². The molecule has 0 saturated carbocycles. The van der Waals surface area contributed by atoms with Gasteiger partial charge in [-0.1, -0.05) is 0 Å². The van der Waals surface area contributed by atoms with Crippen molar-refractivity contribution < 1.29 is 19.4 Å². The van der Waals surface area contributed by atoms with Crippen molar-refractivity contribution in [3.05, 3.63) is 42.1 Å². The van der Waals surface area contributed by atoms with Crippen LogP contribution < -0.4 is 14.8 Å². The zero-order chi connectivity index (χ0) is 15.9. The van der Waals surface area contributed by atoms with Crippen LogP contribution in [0.4, 0.5) is 5.82 Å². The molecule has 6 heteroatoms. The molecule has 1 aromatic carbocycles. The molecule has 22 heavy (non-hydrogen) atoms. The maximum Gasteiger partial charge on any atom is 0.225 e. The third-order valence-corrected chi connectivity index (χ3v) is 3.15. The lowest BCUT2D eigenvalue weighted by Crippen LogP contribution is -2.13. The van der Waals surface area contributed by atoms with Crippen molar-refractivity contribution in [2.24, 2.45) is 0 Å². The number of anilines is 1. The molecule has 2 rings (SSSR count). The predicted octanol–water partition coefficient (Wildman–Crippen LogP) is 2.38. The molecule has 0 aliphatic heterocycles. The van der Waals surface area contributed by atoms with Crippen LogP contribution in [-0.4, -0.2) is 30.2 Å². The van der Waals surface area contributed by atoms with E-state index in [0.717, 1.165) is 5.56 Å². The lowest BCUT2D eigenvalue weighted by Gasteiger charge is -2.10. The van der Waals surface area contributed by atoms with Crippen molar-refractivity contribution in [2.75, 3.05) is 19.5 Å². The normalized spacial score (nSPS) is 10.1. The molecular weight excluding hydrogens is 284 g/mol. The number of pyridine rings is 1. The molecule has 2 N–H and O–H groups in total. The number of nitrogens with one attached hydrogen (secondary N) is 1. The Bertz CT molecular complexity index is 658. The number of hydrogen-bond donors (Lipinski definition) is 2. The van der Waals surface area contributed by atoms with E-state index in [0.29, 0.717) is 17.9 Å². The molecule has 0 atom stereocenters. The zero-order valence-corrected chi connectivity index (χ0v) is 12.5. The van der Waals surface area contributed by atoms with Gasteiger partial charge in [-0.2, -0.15) is 0 Å². The van der Waals surface area contributed by atoms with Crippen molar-refractivity contribution in [1.82, 2.24) is 4.98 Å². The average Bonchev–Trinajstić information content (AvgIpc) is 2.54. The van der Waals surface area contributed by atoms with Gasteiger partial charge in [-0.05, 0) is 42.3 Å². The Balaban J connectivity index is 2.00. The molecule has 1 amide bonds. The summed E-state index contributed by atoms with van der Waals surface area (Å²) in [6.07, 6.45) is 2.22. The van der Waals surface area contributed by atoms with E-state index in [9.17, 15) is 9.90 Å². The highest BCUT2D eigenvalue weighted by Gasteiger charge is 2.10. The molecule has 0 fully saturated rings. The van der Waals surface area contributed by atoms with Crippen molar-refractivity contribution in [3.8, 4) is 17.2 Å². The molecule has 1 heterocycles. The number of aromatic hydroxyl groups is 1. The average molecular weight is 302 g/mol. The Morgan fingerprint density at radius 3 is 2.77 bits per heavy atom. The van der Waals surface area contributed by atoms with Crippen LogP contribution in [0.2, 0.25) is 0 Å². The van der Waals surface area contributed by atoms with Gasteiger partial charge in [-0.3, -0.25) is 4.79 Å². The maximum atomic E-state index is 12.0. The Kier molecular flexibility index (Phi) is 5.19. The highest BCUT2D eigenvalue weighted by atomic mass is 16.5. The molecule has 0 unspecified atom stereocenters. The number of methoxy groups -OCH3 is 2. The van der Waals surface area contributed by atoms with E-state index in [1.54, 1.807) is 32.4 Å². The van der Waals surface area contributed by atoms with E-state index in [4.69, 9.17) is 9.47 Å². The molecule has 1 aromatic heterocycles. The van der Waals surface area contributed by atoms with Crippen LogP contribution in [0, 0.1) is 0 Å². The number of hydrogen-bond acceptors (Lipinski definition) is 5. The second-order valence-corrected chi connectivity index (χ2v) is 4.60. The van der Waals surface area contributed by atoms with Crippen molar-refractivity contribution in [3.63, 3.8) is 0 Å². The van der Waals surface area contributed by atoms with E-state index in [2.05, 4.69) is 10.3 Å². The second-order valence-electron chi connectivity index (χ2n) is 4.60. The minimum atomic E-state index is -0.237. The first-order valence-electron chi connectivity index (χ1n) is 6.78. The topological polar surface area (TPSA) is 80.7 Å². The van der Waals surface area contributed by atoms with Gasteiger partial charge >= 0.3 is 0 Å². The predicted molar refractivity (Wildman–Crippen MR) is 82.4 cm³/mol. The quantitative estimate of drug-likeness (QED) is 0.856. The van der Waals surface area contributed by atoms with Crippen LogP contribution in [0.5, 0.6) is 17.2 Å². The largest absolute Gasteiger partial charge is 0.504 e. The fourth-order valence-electron chi connectivity index (χ4n) is 2.01. The summed E-state index contributed by atoms with van der Waals surface area (Å²) in [4.78, 5) is 15.9. The van der Waals surface area contributed by atoms with Crippen LogP contribution in [-0.2, 0) is 11.2 Å². The smallest absolute Gasteiger partial charge is 0.225 e. The van der Waals surface area contributed by atoms with Gasteiger partial charge in [-0.25, -0.2) is 4.98 Å². The van der Waals surface area contributed by atoms with Crippen molar-refractivity contribution in [1.29, 1.82) is 0 Å². The van der Waals surface area contributed by atoms with E-state index < -0.39 is 0 Å². The van der Waals surface area contributed by atoms with Crippen LogP contribution in [0.1, 0.15) is 12.0 Å². The monoisotopic (exact) mass is 302 g/mol. The summed E-state index contributed by atoms with van der Waals surface area (Å²) in [6, 6.07) is 8.50. The van der Waals surface area contributed by atoms with Gasteiger partial charge < -0.3 is 19.9 Å². The number of benzene rings is 1. The van der Waals surface area contributed by atoms with E-state index in [1.807, 2.05) is 6.07 Å². The molecule has 0 radical (unpaired) electrons. The number of nitrogens with zero attached hydrogens (tertiary/aromatic N) is 1. The molecule has 0 aliphatic rings. The minimum absolute atomic E-state index is 0.0604. The standard InChI is InChI=1S/C16H18N2O4/c1-21-12-6-7-14(22-2)11(10-12)5-8-15(20)18-16-13(19)4-3-9-17-16/h3-4,6-7,9-10,19H,5,8H2,1-2H3,(H,17,18,20). The van der Waals surface area contributed by atoms with Crippen molar-refractivity contribution >= 4 is 11.7 Å². The molecule has 0 saturated heterocycles. The lowest BCUT2D eigenvalue weighted by atomic mass is 10.1. The zero-order valence-electron chi connectivity index (χ0n) is 12.5. The Morgan fingerprint density at radius 2 is 2.09 bits per heavy atom.